The summed E-state index contributed by atoms with van der Waals surface area (Å²) < 4.78 is 12.6. The summed E-state index contributed by atoms with van der Waals surface area (Å²) in [5.74, 6) is 0.0903. The van der Waals surface area contributed by atoms with E-state index in [0.717, 1.165) is 33.7 Å². The Morgan fingerprint density at radius 1 is 1.03 bits per heavy atom. The molecule has 0 saturated heterocycles. The molecule has 7 nitrogen and oxygen atoms in total. The average Bonchev–Trinajstić information content (AvgIpc) is 3.19. The normalized spacial score (nSPS) is 11.1. The molecule has 0 aliphatic rings. The largest absolute Gasteiger partial charge is 0.497 e. The van der Waals surface area contributed by atoms with E-state index >= 15 is 0 Å². The molecule has 34 heavy (non-hydrogen) atoms. The predicted molar refractivity (Wildman–Crippen MR) is 130 cm³/mol. The number of hydrogen-bond donors (Lipinski definition) is 1. The third kappa shape index (κ3) is 3.92. The van der Waals surface area contributed by atoms with Crippen molar-refractivity contribution in [1.82, 2.24) is 14.7 Å². The van der Waals surface area contributed by atoms with Crippen LogP contribution in [-0.2, 0) is 6.54 Å². The van der Waals surface area contributed by atoms with Gasteiger partial charge in [-0.2, -0.15) is 0 Å². The Bertz CT molecular complexity index is 1600. The smallest absolute Gasteiger partial charge is 0.349 e. The zero-order chi connectivity index (χ0) is 23.8. The summed E-state index contributed by atoms with van der Waals surface area (Å²) in [6, 6.07) is 18.6. The van der Waals surface area contributed by atoms with Crippen LogP contribution in [0.5, 0.6) is 5.75 Å². The molecule has 0 fully saturated rings. The number of pyridine rings is 1. The number of ether oxygens (including phenoxy) is 1. The van der Waals surface area contributed by atoms with Crippen molar-refractivity contribution in [2.45, 2.75) is 20.4 Å². The first-order valence-electron chi connectivity index (χ1n) is 10.9. The van der Waals surface area contributed by atoms with Crippen molar-refractivity contribution in [3.63, 3.8) is 0 Å². The van der Waals surface area contributed by atoms with Crippen LogP contribution in [0.1, 0.15) is 27.2 Å². The predicted octanol–water partition coefficient (Wildman–Crippen LogP) is 4.66. The highest BCUT2D eigenvalue weighted by Crippen LogP contribution is 2.26. The molecule has 0 unspecified atom stereocenters. The summed E-state index contributed by atoms with van der Waals surface area (Å²) in [6.07, 6.45) is 1.98. The number of amides is 1. The average molecular weight is 453 g/mol. The van der Waals surface area contributed by atoms with E-state index in [1.807, 2.05) is 60.8 Å². The van der Waals surface area contributed by atoms with E-state index in [4.69, 9.17) is 14.1 Å². The van der Waals surface area contributed by atoms with E-state index in [9.17, 15) is 9.59 Å². The lowest BCUT2D eigenvalue weighted by atomic mass is 10.1. The first kappa shape index (κ1) is 21.5. The fraction of sp³-hybridized carbons (Fsp3) is 0.148. The Hall–Kier alpha value is -4.39. The standard InChI is InChI=1S/C27H23N3O4/c1-16-4-7-18(8-5-16)25-22(30-15-17(2)6-11-24(30)29-25)14-28-26(31)21-13-19-12-20(33-3)9-10-23(19)34-27(21)32/h4-13,15H,14H2,1-3H3,(H,28,31). The number of methoxy groups -OCH3 is 1. The molecular formula is C27H23N3O4. The molecule has 1 N–H and O–H groups in total. The number of rotatable bonds is 5. The van der Waals surface area contributed by atoms with Crippen LogP contribution in [0.25, 0.3) is 27.9 Å². The third-order valence-corrected chi connectivity index (χ3v) is 5.79. The van der Waals surface area contributed by atoms with Gasteiger partial charge in [0.25, 0.3) is 5.91 Å². The van der Waals surface area contributed by atoms with Crippen molar-refractivity contribution < 1.29 is 13.9 Å². The van der Waals surface area contributed by atoms with Gasteiger partial charge >= 0.3 is 5.63 Å². The van der Waals surface area contributed by atoms with Crippen LogP contribution < -0.4 is 15.7 Å². The second-order valence-electron chi connectivity index (χ2n) is 8.24. The SMILES string of the molecule is COc1ccc2oc(=O)c(C(=O)NCc3c(-c4ccc(C)cc4)nc4ccc(C)cn34)cc2c1. The number of nitrogens with zero attached hydrogens (tertiary/aromatic N) is 2. The second kappa shape index (κ2) is 8.51. The van der Waals surface area contributed by atoms with Crippen molar-refractivity contribution in [3.05, 3.63) is 99.7 Å². The highest BCUT2D eigenvalue weighted by molar-refractivity contribution is 5.96. The molecule has 5 aromatic rings. The lowest BCUT2D eigenvalue weighted by molar-refractivity contribution is 0.0947. The van der Waals surface area contributed by atoms with Crippen molar-refractivity contribution in [2.24, 2.45) is 0 Å². The number of carbonyl (C=O) groups excluding carboxylic acids is 1. The number of nitrogens with one attached hydrogen (secondary N) is 1. The Kier molecular flexibility index (Phi) is 5.37. The minimum atomic E-state index is -0.692. The van der Waals surface area contributed by atoms with E-state index in [1.165, 1.54) is 6.07 Å². The summed E-state index contributed by atoms with van der Waals surface area (Å²) in [5.41, 5.74) is 5.18. The quantitative estimate of drug-likeness (QED) is 0.391. The van der Waals surface area contributed by atoms with E-state index in [2.05, 4.69) is 5.32 Å². The van der Waals surface area contributed by atoms with E-state index < -0.39 is 11.5 Å². The third-order valence-electron chi connectivity index (χ3n) is 5.79. The van der Waals surface area contributed by atoms with Gasteiger partial charge < -0.3 is 18.9 Å². The van der Waals surface area contributed by atoms with Gasteiger partial charge in [-0.25, -0.2) is 9.78 Å². The highest BCUT2D eigenvalue weighted by Gasteiger charge is 2.18. The molecule has 3 heterocycles. The first-order chi connectivity index (χ1) is 16.4. The molecule has 0 aliphatic heterocycles. The molecule has 5 rings (SSSR count). The summed E-state index contributed by atoms with van der Waals surface area (Å²) in [5, 5.41) is 3.48. The fourth-order valence-electron chi connectivity index (χ4n) is 3.96. The van der Waals surface area contributed by atoms with Crippen molar-refractivity contribution in [1.29, 1.82) is 0 Å². The number of aromatic nitrogens is 2. The molecule has 0 aliphatic carbocycles. The molecule has 7 heteroatoms. The van der Waals surface area contributed by atoms with E-state index in [1.54, 1.807) is 25.3 Å². The zero-order valence-electron chi connectivity index (χ0n) is 19.1. The second-order valence-corrected chi connectivity index (χ2v) is 8.24. The van der Waals surface area contributed by atoms with Gasteiger partial charge in [0.2, 0.25) is 0 Å². The van der Waals surface area contributed by atoms with E-state index in [-0.39, 0.29) is 12.1 Å². The molecule has 0 bridgehead atoms. The van der Waals surface area contributed by atoms with Gasteiger partial charge in [0.05, 0.1) is 25.0 Å². The van der Waals surface area contributed by atoms with Crippen LogP contribution in [0.4, 0.5) is 0 Å². The van der Waals surface area contributed by atoms with Crippen molar-refractivity contribution in [2.75, 3.05) is 7.11 Å². The topological polar surface area (TPSA) is 85.8 Å². The maximum absolute atomic E-state index is 13.0. The number of fused-ring (bicyclic) bond motifs is 2. The van der Waals surface area contributed by atoms with Crippen LogP contribution in [-0.4, -0.2) is 22.4 Å². The van der Waals surface area contributed by atoms with Crippen LogP contribution in [0.3, 0.4) is 0 Å². The van der Waals surface area contributed by atoms with Crippen LogP contribution in [0.2, 0.25) is 0 Å². The maximum atomic E-state index is 13.0. The molecule has 170 valence electrons. The van der Waals surface area contributed by atoms with E-state index in [0.29, 0.717) is 16.7 Å². The maximum Gasteiger partial charge on any atom is 0.349 e. The van der Waals surface area contributed by atoms with Gasteiger partial charge in [0, 0.05) is 17.1 Å². The number of benzene rings is 2. The summed E-state index contributed by atoms with van der Waals surface area (Å²) in [6.45, 7) is 4.22. The fourth-order valence-corrected chi connectivity index (χ4v) is 3.96. The Labute approximate surface area is 195 Å². The number of hydrogen-bond acceptors (Lipinski definition) is 5. The Balaban J connectivity index is 1.51. The number of imidazole rings is 1. The lowest BCUT2D eigenvalue weighted by Crippen LogP contribution is -2.28. The summed E-state index contributed by atoms with van der Waals surface area (Å²) in [7, 11) is 1.55. The van der Waals surface area contributed by atoms with Crippen LogP contribution in [0.15, 0.2) is 76.1 Å². The first-order valence-corrected chi connectivity index (χ1v) is 10.9. The van der Waals surface area contributed by atoms with Gasteiger partial charge in [-0.3, -0.25) is 4.79 Å². The summed E-state index contributed by atoms with van der Waals surface area (Å²) in [4.78, 5) is 30.3. The molecule has 3 aromatic heterocycles. The number of aryl methyl sites for hydroxylation is 2. The molecule has 0 radical (unpaired) electrons. The minimum absolute atomic E-state index is 0.0670. The van der Waals surface area contributed by atoms with Gasteiger partial charge in [0.1, 0.15) is 22.5 Å². The molecule has 0 saturated carbocycles. The van der Waals surface area contributed by atoms with Crippen molar-refractivity contribution >= 4 is 22.5 Å². The minimum Gasteiger partial charge on any atom is -0.497 e. The van der Waals surface area contributed by atoms with Gasteiger partial charge in [-0.1, -0.05) is 35.9 Å². The van der Waals surface area contributed by atoms with Crippen LogP contribution in [0, 0.1) is 13.8 Å². The molecule has 0 atom stereocenters. The molecule has 2 aromatic carbocycles. The lowest BCUT2D eigenvalue weighted by Gasteiger charge is -2.09. The van der Waals surface area contributed by atoms with Gasteiger partial charge in [0.15, 0.2) is 0 Å². The number of carbonyl (C=O) groups is 1. The van der Waals surface area contributed by atoms with Gasteiger partial charge in [-0.15, -0.1) is 0 Å². The summed E-state index contributed by atoms with van der Waals surface area (Å²) >= 11 is 0. The zero-order valence-corrected chi connectivity index (χ0v) is 19.1. The molecule has 0 spiro atoms. The van der Waals surface area contributed by atoms with Gasteiger partial charge in [-0.05, 0) is 49.7 Å². The van der Waals surface area contributed by atoms with Crippen molar-refractivity contribution in [3.8, 4) is 17.0 Å². The monoisotopic (exact) mass is 453 g/mol. The Morgan fingerprint density at radius 2 is 1.79 bits per heavy atom. The Morgan fingerprint density at radius 3 is 2.56 bits per heavy atom. The molecule has 1 amide bonds. The molecular weight excluding hydrogens is 430 g/mol. The highest BCUT2D eigenvalue weighted by atomic mass is 16.5. The van der Waals surface area contributed by atoms with Crippen LogP contribution >= 0.6 is 0 Å².